The molecule has 0 radical (unpaired) electrons. The molecule has 3 heteroatoms. The summed E-state index contributed by atoms with van der Waals surface area (Å²) in [5.74, 6) is 2.56. The van der Waals surface area contributed by atoms with Gasteiger partial charge in [0, 0.05) is 11.4 Å². The molecule has 0 unspecified atom stereocenters. The van der Waals surface area contributed by atoms with E-state index in [0.717, 1.165) is 28.7 Å². The van der Waals surface area contributed by atoms with E-state index in [2.05, 4.69) is 23.1 Å². The van der Waals surface area contributed by atoms with Crippen molar-refractivity contribution in [3.05, 3.63) is 15.6 Å². The summed E-state index contributed by atoms with van der Waals surface area (Å²) < 4.78 is 0. The fourth-order valence-corrected chi connectivity index (χ4v) is 1.76. The molecule has 1 rings (SSSR count). The summed E-state index contributed by atoms with van der Waals surface area (Å²) in [7, 11) is 0. The molecule has 1 aromatic heterocycles. The molecular formula is C9H12N2S. The first-order valence-electron chi connectivity index (χ1n) is 3.91. The van der Waals surface area contributed by atoms with Crippen molar-refractivity contribution in [1.82, 2.24) is 10.3 Å². The molecule has 0 amide bonds. The van der Waals surface area contributed by atoms with E-state index in [-0.39, 0.29) is 0 Å². The molecule has 0 fully saturated rings. The predicted octanol–water partition coefficient (Wildman–Crippen LogP) is 1.54. The van der Waals surface area contributed by atoms with Crippen LogP contribution in [0.3, 0.4) is 0 Å². The molecule has 0 aliphatic carbocycles. The average Bonchev–Trinajstić information content (AvgIpc) is 2.43. The van der Waals surface area contributed by atoms with Gasteiger partial charge in [-0.3, -0.25) is 0 Å². The zero-order valence-electron chi connectivity index (χ0n) is 7.35. The number of aryl methyl sites for hydroxylation is 1. The standard InChI is InChI=1S/C9H12N2S/c1-4-8-7(3)12-9(11-8)6-10-5-2/h1,10H,5-6H2,2-3H3. The minimum atomic E-state index is 0.785. The lowest BCUT2D eigenvalue weighted by Crippen LogP contribution is -2.11. The summed E-state index contributed by atoms with van der Waals surface area (Å²) in [4.78, 5) is 5.42. The second-order valence-electron chi connectivity index (χ2n) is 2.44. The zero-order chi connectivity index (χ0) is 8.97. The van der Waals surface area contributed by atoms with Crippen LogP contribution in [0.4, 0.5) is 0 Å². The number of thiazole rings is 1. The Hall–Kier alpha value is -0.850. The van der Waals surface area contributed by atoms with Gasteiger partial charge in [0.2, 0.25) is 0 Å². The smallest absolute Gasteiger partial charge is 0.127 e. The van der Waals surface area contributed by atoms with Gasteiger partial charge in [0.25, 0.3) is 0 Å². The Morgan fingerprint density at radius 1 is 1.67 bits per heavy atom. The van der Waals surface area contributed by atoms with Crippen LogP contribution in [0.2, 0.25) is 0 Å². The van der Waals surface area contributed by atoms with Crippen molar-refractivity contribution in [2.45, 2.75) is 20.4 Å². The molecule has 0 aliphatic rings. The maximum Gasteiger partial charge on any atom is 0.127 e. The van der Waals surface area contributed by atoms with Crippen LogP contribution in [-0.4, -0.2) is 11.5 Å². The van der Waals surface area contributed by atoms with Crippen LogP contribution in [0.1, 0.15) is 22.5 Å². The van der Waals surface area contributed by atoms with Crippen LogP contribution in [0.5, 0.6) is 0 Å². The molecule has 1 aromatic rings. The monoisotopic (exact) mass is 180 g/mol. The van der Waals surface area contributed by atoms with E-state index in [1.165, 1.54) is 0 Å². The molecule has 0 spiro atoms. The molecule has 12 heavy (non-hydrogen) atoms. The van der Waals surface area contributed by atoms with Gasteiger partial charge in [-0.15, -0.1) is 17.8 Å². The Morgan fingerprint density at radius 2 is 2.42 bits per heavy atom. The normalized spacial score (nSPS) is 9.75. The first-order valence-corrected chi connectivity index (χ1v) is 4.73. The van der Waals surface area contributed by atoms with Crippen molar-refractivity contribution in [1.29, 1.82) is 0 Å². The molecule has 0 aromatic carbocycles. The van der Waals surface area contributed by atoms with Gasteiger partial charge < -0.3 is 5.32 Å². The lowest BCUT2D eigenvalue weighted by molar-refractivity contribution is 0.722. The third kappa shape index (κ3) is 2.07. The summed E-state index contributed by atoms with van der Waals surface area (Å²) >= 11 is 1.66. The van der Waals surface area contributed by atoms with Crippen LogP contribution in [-0.2, 0) is 6.54 Å². The summed E-state index contributed by atoms with van der Waals surface area (Å²) in [6.07, 6.45) is 5.27. The largest absolute Gasteiger partial charge is 0.311 e. The highest BCUT2D eigenvalue weighted by atomic mass is 32.1. The molecule has 1 N–H and O–H groups in total. The summed E-state index contributed by atoms with van der Waals surface area (Å²) in [5.41, 5.74) is 0.785. The van der Waals surface area contributed by atoms with E-state index in [0.29, 0.717) is 0 Å². The van der Waals surface area contributed by atoms with Crippen LogP contribution in [0, 0.1) is 19.3 Å². The van der Waals surface area contributed by atoms with Gasteiger partial charge in [-0.2, -0.15) is 0 Å². The van der Waals surface area contributed by atoms with Crippen LogP contribution in [0.15, 0.2) is 0 Å². The highest BCUT2D eigenvalue weighted by Crippen LogP contribution is 2.15. The van der Waals surface area contributed by atoms with E-state index in [4.69, 9.17) is 6.42 Å². The van der Waals surface area contributed by atoms with Gasteiger partial charge in [0.05, 0.1) is 0 Å². The third-order valence-corrected chi connectivity index (χ3v) is 2.47. The van der Waals surface area contributed by atoms with Crippen molar-refractivity contribution >= 4 is 11.3 Å². The van der Waals surface area contributed by atoms with Crippen LogP contribution in [0.25, 0.3) is 0 Å². The first kappa shape index (κ1) is 9.24. The number of terminal acetylenes is 1. The maximum absolute atomic E-state index is 5.27. The quantitative estimate of drug-likeness (QED) is 0.714. The maximum atomic E-state index is 5.27. The van der Waals surface area contributed by atoms with Gasteiger partial charge in [-0.1, -0.05) is 6.92 Å². The number of hydrogen-bond donors (Lipinski definition) is 1. The van der Waals surface area contributed by atoms with E-state index in [1.807, 2.05) is 6.92 Å². The number of aromatic nitrogens is 1. The van der Waals surface area contributed by atoms with E-state index < -0.39 is 0 Å². The number of nitrogens with zero attached hydrogens (tertiary/aromatic N) is 1. The highest BCUT2D eigenvalue weighted by Gasteiger charge is 2.03. The molecular weight excluding hydrogens is 168 g/mol. The minimum absolute atomic E-state index is 0.785. The molecule has 2 nitrogen and oxygen atoms in total. The van der Waals surface area contributed by atoms with Crippen molar-refractivity contribution in [3.8, 4) is 12.3 Å². The molecule has 0 saturated carbocycles. The van der Waals surface area contributed by atoms with Crippen molar-refractivity contribution in [2.24, 2.45) is 0 Å². The molecule has 0 saturated heterocycles. The fraction of sp³-hybridized carbons (Fsp3) is 0.444. The van der Waals surface area contributed by atoms with Crippen molar-refractivity contribution in [2.75, 3.05) is 6.54 Å². The predicted molar refractivity (Wildman–Crippen MR) is 52.2 cm³/mol. The summed E-state index contributed by atoms with van der Waals surface area (Å²) in [6, 6.07) is 0. The average molecular weight is 180 g/mol. The SMILES string of the molecule is C#Cc1nc(CNCC)sc1C. The van der Waals surface area contributed by atoms with Gasteiger partial charge in [-0.25, -0.2) is 4.98 Å². The van der Waals surface area contributed by atoms with Gasteiger partial charge in [-0.05, 0) is 19.4 Å². The topological polar surface area (TPSA) is 24.9 Å². The second-order valence-corrected chi connectivity index (χ2v) is 3.72. The van der Waals surface area contributed by atoms with Crippen molar-refractivity contribution < 1.29 is 0 Å². The lowest BCUT2D eigenvalue weighted by Gasteiger charge is -1.93. The Labute approximate surface area is 77.0 Å². The van der Waals surface area contributed by atoms with E-state index in [1.54, 1.807) is 11.3 Å². The first-order chi connectivity index (χ1) is 5.77. The highest BCUT2D eigenvalue weighted by molar-refractivity contribution is 7.11. The fourth-order valence-electron chi connectivity index (χ4n) is 0.893. The Balaban J connectivity index is 2.70. The van der Waals surface area contributed by atoms with Crippen molar-refractivity contribution in [3.63, 3.8) is 0 Å². The van der Waals surface area contributed by atoms with Crippen LogP contribution < -0.4 is 5.32 Å². The van der Waals surface area contributed by atoms with E-state index >= 15 is 0 Å². The zero-order valence-corrected chi connectivity index (χ0v) is 8.16. The molecule has 64 valence electrons. The minimum Gasteiger partial charge on any atom is -0.311 e. The van der Waals surface area contributed by atoms with E-state index in [9.17, 15) is 0 Å². The lowest BCUT2D eigenvalue weighted by atomic mass is 10.4. The van der Waals surface area contributed by atoms with Gasteiger partial charge in [0.15, 0.2) is 0 Å². The number of rotatable bonds is 3. The Morgan fingerprint density at radius 3 is 2.92 bits per heavy atom. The Kier molecular flexibility index (Phi) is 3.27. The molecule has 0 bridgehead atoms. The molecule has 0 atom stereocenters. The summed E-state index contributed by atoms with van der Waals surface area (Å²) in [5, 5.41) is 4.28. The Bertz CT molecular complexity index is 296. The van der Waals surface area contributed by atoms with Crippen LogP contribution >= 0.6 is 11.3 Å². The number of nitrogens with one attached hydrogen (secondary N) is 1. The van der Waals surface area contributed by atoms with Gasteiger partial charge >= 0.3 is 0 Å². The number of hydrogen-bond acceptors (Lipinski definition) is 3. The second kappa shape index (κ2) is 4.24. The molecule has 1 heterocycles. The summed E-state index contributed by atoms with van der Waals surface area (Å²) in [6.45, 7) is 5.86. The third-order valence-electron chi connectivity index (χ3n) is 1.50. The molecule has 0 aliphatic heterocycles. The van der Waals surface area contributed by atoms with Gasteiger partial charge in [0.1, 0.15) is 10.7 Å².